The Labute approximate surface area is 141 Å². The summed E-state index contributed by atoms with van der Waals surface area (Å²) in [6.07, 6.45) is 3.67. The minimum atomic E-state index is 0.646. The molecule has 2 aliphatic heterocycles. The SMILES string of the molecule is CN=C(NCCCN1CCCN(C)CC1)N1CCC(COC)C1. The first kappa shape index (κ1) is 18.5. The number of nitrogens with zero attached hydrogens (tertiary/aromatic N) is 4. The molecule has 2 fully saturated rings. The minimum absolute atomic E-state index is 0.646. The molecule has 6 nitrogen and oxygen atoms in total. The third kappa shape index (κ3) is 6.28. The first-order valence-electron chi connectivity index (χ1n) is 9.08. The Bertz CT molecular complexity index is 363. The molecule has 2 rings (SSSR count). The van der Waals surface area contributed by atoms with Gasteiger partial charge in [0, 0.05) is 52.8 Å². The third-order valence-electron chi connectivity index (χ3n) is 4.95. The lowest BCUT2D eigenvalue weighted by atomic mass is 10.1. The van der Waals surface area contributed by atoms with Crippen LogP contribution >= 0.6 is 0 Å². The van der Waals surface area contributed by atoms with Crippen molar-refractivity contribution in [3.05, 3.63) is 0 Å². The number of hydrogen-bond donors (Lipinski definition) is 1. The van der Waals surface area contributed by atoms with Gasteiger partial charge in [-0.25, -0.2) is 0 Å². The average Bonchev–Trinajstić information content (AvgIpc) is 2.90. The van der Waals surface area contributed by atoms with Gasteiger partial charge in [0.05, 0.1) is 6.61 Å². The van der Waals surface area contributed by atoms with Gasteiger partial charge in [-0.15, -0.1) is 0 Å². The fraction of sp³-hybridized carbons (Fsp3) is 0.941. The molecule has 2 aliphatic rings. The van der Waals surface area contributed by atoms with Crippen molar-refractivity contribution < 1.29 is 4.74 Å². The number of guanidine groups is 1. The Balaban J connectivity index is 1.62. The fourth-order valence-corrected chi connectivity index (χ4v) is 3.56. The lowest BCUT2D eigenvalue weighted by Crippen LogP contribution is -2.41. The van der Waals surface area contributed by atoms with Crippen LogP contribution < -0.4 is 5.32 Å². The van der Waals surface area contributed by atoms with Gasteiger partial charge < -0.3 is 24.8 Å². The van der Waals surface area contributed by atoms with Gasteiger partial charge >= 0.3 is 0 Å². The second-order valence-corrected chi connectivity index (χ2v) is 6.88. The van der Waals surface area contributed by atoms with Crippen LogP contribution in [-0.4, -0.2) is 101 Å². The van der Waals surface area contributed by atoms with Gasteiger partial charge in [-0.05, 0) is 45.9 Å². The highest BCUT2D eigenvalue weighted by atomic mass is 16.5. The van der Waals surface area contributed by atoms with Crippen LogP contribution in [0.1, 0.15) is 19.3 Å². The van der Waals surface area contributed by atoms with Crippen molar-refractivity contribution in [2.24, 2.45) is 10.9 Å². The number of rotatable bonds is 6. The third-order valence-corrected chi connectivity index (χ3v) is 4.95. The van der Waals surface area contributed by atoms with Crippen LogP contribution in [0.5, 0.6) is 0 Å². The Hall–Kier alpha value is -0.850. The van der Waals surface area contributed by atoms with Crippen LogP contribution in [0.2, 0.25) is 0 Å². The van der Waals surface area contributed by atoms with E-state index < -0.39 is 0 Å². The monoisotopic (exact) mass is 325 g/mol. The number of methoxy groups -OCH3 is 1. The number of hydrogen-bond acceptors (Lipinski definition) is 4. The first-order valence-corrected chi connectivity index (χ1v) is 9.08. The number of ether oxygens (including phenoxy) is 1. The van der Waals surface area contributed by atoms with Crippen molar-refractivity contribution in [3.8, 4) is 0 Å². The van der Waals surface area contributed by atoms with Crippen molar-refractivity contribution in [3.63, 3.8) is 0 Å². The van der Waals surface area contributed by atoms with E-state index in [1.54, 1.807) is 7.11 Å². The highest BCUT2D eigenvalue weighted by molar-refractivity contribution is 5.80. The average molecular weight is 326 g/mol. The second kappa shape index (κ2) is 10.1. The summed E-state index contributed by atoms with van der Waals surface area (Å²) in [4.78, 5) is 11.8. The number of likely N-dealkylation sites (N-methyl/N-ethyl adjacent to an activating group) is 1. The summed E-state index contributed by atoms with van der Waals surface area (Å²) < 4.78 is 5.28. The van der Waals surface area contributed by atoms with Gasteiger partial charge in [0.2, 0.25) is 0 Å². The van der Waals surface area contributed by atoms with Gasteiger partial charge in [-0.2, -0.15) is 0 Å². The first-order chi connectivity index (χ1) is 11.2. The Morgan fingerprint density at radius 3 is 2.87 bits per heavy atom. The van der Waals surface area contributed by atoms with Gasteiger partial charge in [-0.3, -0.25) is 4.99 Å². The van der Waals surface area contributed by atoms with E-state index in [1.165, 1.54) is 52.0 Å². The van der Waals surface area contributed by atoms with Gasteiger partial charge in [0.25, 0.3) is 0 Å². The largest absolute Gasteiger partial charge is 0.384 e. The van der Waals surface area contributed by atoms with Gasteiger partial charge in [0.15, 0.2) is 5.96 Å². The number of likely N-dealkylation sites (tertiary alicyclic amines) is 1. The summed E-state index contributed by atoms with van der Waals surface area (Å²) in [5.41, 5.74) is 0. The molecule has 1 atom stereocenters. The van der Waals surface area contributed by atoms with Crippen LogP contribution in [-0.2, 0) is 4.74 Å². The highest BCUT2D eigenvalue weighted by Gasteiger charge is 2.24. The van der Waals surface area contributed by atoms with Crippen LogP contribution in [0.3, 0.4) is 0 Å². The van der Waals surface area contributed by atoms with Crippen LogP contribution in [0, 0.1) is 5.92 Å². The molecule has 0 radical (unpaired) electrons. The molecule has 0 bridgehead atoms. The summed E-state index contributed by atoms with van der Waals surface area (Å²) in [5.74, 6) is 1.70. The van der Waals surface area contributed by atoms with Crippen molar-refractivity contribution in [1.29, 1.82) is 0 Å². The Kier molecular flexibility index (Phi) is 8.12. The van der Waals surface area contributed by atoms with Gasteiger partial charge in [0.1, 0.15) is 0 Å². The van der Waals surface area contributed by atoms with Crippen molar-refractivity contribution >= 4 is 5.96 Å². The Morgan fingerprint density at radius 2 is 2.09 bits per heavy atom. The molecular weight excluding hydrogens is 290 g/mol. The zero-order valence-electron chi connectivity index (χ0n) is 15.3. The van der Waals surface area contributed by atoms with E-state index in [1.807, 2.05) is 7.05 Å². The molecule has 0 aliphatic carbocycles. The zero-order chi connectivity index (χ0) is 16.5. The van der Waals surface area contributed by atoms with Crippen LogP contribution in [0.25, 0.3) is 0 Å². The van der Waals surface area contributed by atoms with E-state index in [4.69, 9.17) is 4.74 Å². The highest BCUT2D eigenvalue weighted by Crippen LogP contribution is 2.16. The maximum Gasteiger partial charge on any atom is 0.193 e. The summed E-state index contributed by atoms with van der Waals surface area (Å²) in [6.45, 7) is 10.1. The van der Waals surface area contributed by atoms with Crippen molar-refractivity contribution in [1.82, 2.24) is 20.0 Å². The van der Waals surface area contributed by atoms with Crippen molar-refractivity contribution in [2.75, 3.05) is 80.2 Å². The van der Waals surface area contributed by atoms with E-state index in [2.05, 4.69) is 32.1 Å². The summed E-state index contributed by atoms with van der Waals surface area (Å²) in [7, 11) is 5.90. The van der Waals surface area contributed by atoms with Crippen LogP contribution in [0.15, 0.2) is 4.99 Å². The van der Waals surface area contributed by atoms with E-state index in [0.717, 1.165) is 32.2 Å². The zero-order valence-corrected chi connectivity index (χ0v) is 15.3. The quantitative estimate of drug-likeness (QED) is 0.439. The Morgan fingerprint density at radius 1 is 1.22 bits per heavy atom. The predicted molar refractivity (Wildman–Crippen MR) is 96.1 cm³/mol. The second-order valence-electron chi connectivity index (χ2n) is 6.88. The van der Waals surface area contributed by atoms with Gasteiger partial charge in [-0.1, -0.05) is 0 Å². The van der Waals surface area contributed by atoms with E-state index in [0.29, 0.717) is 5.92 Å². The molecule has 6 heteroatoms. The normalized spacial score (nSPS) is 24.9. The van der Waals surface area contributed by atoms with E-state index in [-0.39, 0.29) is 0 Å². The van der Waals surface area contributed by atoms with Crippen molar-refractivity contribution in [2.45, 2.75) is 19.3 Å². The molecule has 0 aromatic heterocycles. The lowest BCUT2D eigenvalue weighted by molar-refractivity contribution is 0.157. The maximum absolute atomic E-state index is 5.28. The topological polar surface area (TPSA) is 43.3 Å². The number of aliphatic imine (C=N–C) groups is 1. The van der Waals surface area contributed by atoms with E-state index >= 15 is 0 Å². The molecule has 134 valence electrons. The molecule has 1 N–H and O–H groups in total. The molecule has 0 amide bonds. The molecular formula is C17H35N5O. The lowest BCUT2D eigenvalue weighted by Gasteiger charge is -2.23. The molecule has 0 aromatic carbocycles. The molecule has 0 aromatic rings. The standard InChI is InChI=1S/C17H35N5O/c1-18-17(22-11-6-16(14-22)15-23-3)19-7-4-9-21-10-5-8-20(2)12-13-21/h16H,4-15H2,1-3H3,(H,18,19). The predicted octanol–water partition coefficient (Wildman–Crippen LogP) is 0.558. The molecule has 0 spiro atoms. The molecule has 2 saturated heterocycles. The molecule has 23 heavy (non-hydrogen) atoms. The minimum Gasteiger partial charge on any atom is -0.384 e. The number of nitrogens with one attached hydrogen (secondary N) is 1. The van der Waals surface area contributed by atoms with Crippen LogP contribution in [0.4, 0.5) is 0 Å². The molecule has 2 heterocycles. The fourth-order valence-electron chi connectivity index (χ4n) is 3.56. The molecule has 0 saturated carbocycles. The van der Waals surface area contributed by atoms with E-state index in [9.17, 15) is 0 Å². The summed E-state index contributed by atoms with van der Waals surface area (Å²) in [6, 6.07) is 0. The summed E-state index contributed by atoms with van der Waals surface area (Å²) >= 11 is 0. The smallest absolute Gasteiger partial charge is 0.193 e. The maximum atomic E-state index is 5.28. The summed E-state index contributed by atoms with van der Waals surface area (Å²) in [5, 5.41) is 3.54. The molecule has 1 unspecified atom stereocenters.